The predicted molar refractivity (Wildman–Crippen MR) is 73.4 cm³/mol. The van der Waals surface area contributed by atoms with Crippen LogP contribution in [0, 0.1) is 5.92 Å². The van der Waals surface area contributed by atoms with Gasteiger partial charge < -0.3 is 10.5 Å². The Morgan fingerprint density at radius 2 is 2.00 bits per heavy atom. The molecular formula is C14H26N2O3. The third kappa shape index (κ3) is 5.19. The van der Waals surface area contributed by atoms with Crippen LogP contribution in [-0.2, 0) is 14.3 Å². The summed E-state index contributed by atoms with van der Waals surface area (Å²) in [6, 6.07) is -0.125. The van der Waals surface area contributed by atoms with Gasteiger partial charge in [0.1, 0.15) is 6.04 Å². The lowest BCUT2D eigenvalue weighted by atomic mass is 9.92. The van der Waals surface area contributed by atoms with Crippen LogP contribution in [0.2, 0.25) is 0 Å². The van der Waals surface area contributed by atoms with Crippen molar-refractivity contribution in [1.29, 1.82) is 0 Å². The fourth-order valence-corrected chi connectivity index (χ4v) is 2.74. The highest BCUT2D eigenvalue weighted by Gasteiger charge is 2.30. The number of unbranched alkanes of at least 4 members (excludes halogenated alkanes) is 1. The minimum atomic E-state index is -0.228. The summed E-state index contributed by atoms with van der Waals surface area (Å²) in [6.45, 7) is 3.82. The van der Waals surface area contributed by atoms with Crippen molar-refractivity contribution in [1.82, 2.24) is 4.90 Å². The van der Waals surface area contributed by atoms with Crippen molar-refractivity contribution in [3.05, 3.63) is 0 Å². The molecule has 1 unspecified atom stereocenters. The minimum absolute atomic E-state index is 0.125. The molecule has 0 aromatic heterocycles. The Kier molecular flexibility index (Phi) is 6.84. The van der Waals surface area contributed by atoms with Gasteiger partial charge in [0.25, 0.3) is 0 Å². The van der Waals surface area contributed by atoms with Crippen LogP contribution in [0.25, 0.3) is 0 Å². The van der Waals surface area contributed by atoms with Gasteiger partial charge in [-0.25, -0.2) is 0 Å². The minimum Gasteiger partial charge on any atom is -0.468 e. The van der Waals surface area contributed by atoms with E-state index in [1.807, 2.05) is 0 Å². The third-order valence-corrected chi connectivity index (χ3v) is 3.88. The molecule has 0 radical (unpaired) electrons. The molecule has 0 saturated carbocycles. The SMILES string of the molecule is CCCCC(C(=O)OC)N1CCC(CC(N)=O)CC1. The van der Waals surface area contributed by atoms with E-state index in [1.54, 1.807) is 0 Å². The molecule has 0 bridgehead atoms. The molecule has 0 aliphatic carbocycles. The van der Waals surface area contributed by atoms with Gasteiger partial charge in [0.2, 0.25) is 5.91 Å². The van der Waals surface area contributed by atoms with Crippen molar-refractivity contribution in [3.8, 4) is 0 Å². The van der Waals surface area contributed by atoms with E-state index in [1.165, 1.54) is 7.11 Å². The second-order valence-electron chi connectivity index (χ2n) is 5.33. The topological polar surface area (TPSA) is 72.6 Å². The number of ether oxygens (including phenoxy) is 1. The zero-order chi connectivity index (χ0) is 14.3. The smallest absolute Gasteiger partial charge is 0.323 e. The number of amides is 1. The lowest BCUT2D eigenvalue weighted by Gasteiger charge is -2.36. The van der Waals surface area contributed by atoms with E-state index in [2.05, 4.69) is 11.8 Å². The molecule has 1 aliphatic heterocycles. The Bertz CT molecular complexity index is 299. The molecular weight excluding hydrogens is 244 g/mol. The molecule has 0 aromatic rings. The van der Waals surface area contributed by atoms with Crippen LogP contribution in [0.15, 0.2) is 0 Å². The summed E-state index contributed by atoms with van der Waals surface area (Å²) >= 11 is 0. The van der Waals surface area contributed by atoms with Crippen molar-refractivity contribution in [2.45, 2.75) is 51.5 Å². The van der Waals surface area contributed by atoms with E-state index >= 15 is 0 Å². The van der Waals surface area contributed by atoms with Gasteiger partial charge in [-0.2, -0.15) is 0 Å². The number of primary amides is 1. The van der Waals surface area contributed by atoms with Gasteiger partial charge in [-0.05, 0) is 38.3 Å². The molecule has 0 aromatic carbocycles. The van der Waals surface area contributed by atoms with Gasteiger partial charge in [0.15, 0.2) is 0 Å². The average molecular weight is 270 g/mol. The van der Waals surface area contributed by atoms with Crippen LogP contribution in [0.3, 0.4) is 0 Å². The average Bonchev–Trinajstić information content (AvgIpc) is 2.40. The summed E-state index contributed by atoms with van der Waals surface area (Å²) < 4.78 is 4.90. The number of rotatable bonds is 7. The number of hydrogen-bond donors (Lipinski definition) is 1. The van der Waals surface area contributed by atoms with E-state index in [4.69, 9.17) is 10.5 Å². The molecule has 1 heterocycles. The maximum absolute atomic E-state index is 11.8. The molecule has 1 saturated heterocycles. The van der Waals surface area contributed by atoms with E-state index < -0.39 is 0 Å². The molecule has 1 atom stereocenters. The summed E-state index contributed by atoms with van der Waals surface area (Å²) in [5.41, 5.74) is 5.23. The molecule has 110 valence electrons. The summed E-state index contributed by atoms with van der Waals surface area (Å²) in [4.78, 5) is 24.9. The van der Waals surface area contributed by atoms with E-state index in [0.717, 1.165) is 45.2 Å². The number of hydrogen-bond acceptors (Lipinski definition) is 4. The Morgan fingerprint density at radius 3 is 2.47 bits per heavy atom. The zero-order valence-corrected chi connectivity index (χ0v) is 12.1. The molecule has 1 fully saturated rings. The quantitative estimate of drug-likeness (QED) is 0.708. The molecule has 1 aliphatic rings. The summed E-state index contributed by atoms with van der Waals surface area (Å²) in [5, 5.41) is 0. The van der Waals surface area contributed by atoms with Crippen molar-refractivity contribution in [3.63, 3.8) is 0 Å². The standard InChI is InChI=1S/C14H26N2O3/c1-3-4-5-12(14(18)19-2)16-8-6-11(7-9-16)10-13(15)17/h11-12H,3-10H2,1-2H3,(H2,15,17). The van der Waals surface area contributed by atoms with Crippen LogP contribution >= 0.6 is 0 Å². The van der Waals surface area contributed by atoms with Crippen LogP contribution in [0.4, 0.5) is 0 Å². The summed E-state index contributed by atoms with van der Waals surface area (Å²) in [7, 11) is 1.45. The summed E-state index contributed by atoms with van der Waals surface area (Å²) in [5.74, 6) is 0.00831. The first kappa shape index (κ1) is 16.0. The molecule has 5 heteroatoms. The number of nitrogens with zero attached hydrogens (tertiary/aromatic N) is 1. The maximum atomic E-state index is 11.8. The maximum Gasteiger partial charge on any atom is 0.323 e. The number of nitrogens with two attached hydrogens (primary N) is 1. The third-order valence-electron chi connectivity index (χ3n) is 3.88. The van der Waals surface area contributed by atoms with Crippen LogP contribution in [-0.4, -0.2) is 43.0 Å². The second kappa shape index (κ2) is 8.15. The lowest BCUT2D eigenvalue weighted by Crippen LogP contribution is -2.46. The highest BCUT2D eigenvalue weighted by atomic mass is 16.5. The first-order valence-electron chi connectivity index (χ1n) is 7.18. The first-order valence-corrected chi connectivity index (χ1v) is 7.18. The molecule has 0 spiro atoms. The normalized spacial score (nSPS) is 19.1. The fraction of sp³-hybridized carbons (Fsp3) is 0.857. The lowest BCUT2D eigenvalue weighted by molar-refractivity contribution is -0.148. The Hall–Kier alpha value is -1.10. The molecule has 19 heavy (non-hydrogen) atoms. The van der Waals surface area contributed by atoms with Crippen molar-refractivity contribution in [2.75, 3.05) is 20.2 Å². The van der Waals surface area contributed by atoms with Gasteiger partial charge in [-0.3, -0.25) is 14.5 Å². The Balaban J connectivity index is 2.48. The van der Waals surface area contributed by atoms with Crippen LogP contribution < -0.4 is 5.73 Å². The predicted octanol–water partition coefficient (Wildman–Crippen LogP) is 1.31. The largest absolute Gasteiger partial charge is 0.468 e. The second-order valence-corrected chi connectivity index (χ2v) is 5.33. The number of carbonyl (C=O) groups is 2. The van der Waals surface area contributed by atoms with Crippen molar-refractivity contribution in [2.24, 2.45) is 11.7 Å². The molecule has 1 amide bonds. The molecule has 2 N–H and O–H groups in total. The number of piperidine rings is 1. The van der Waals surface area contributed by atoms with E-state index in [9.17, 15) is 9.59 Å². The van der Waals surface area contributed by atoms with Crippen molar-refractivity contribution >= 4 is 11.9 Å². The number of likely N-dealkylation sites (tertiary alicyclic amines) is 1. The van der Waals surface area contributed by atoms with Gasteiger partial charge in [-0.1, -0.05) is 19.8 Å². The Labute approximate surface area is 115 Å². The highest BCUT2D eigenvalue weighted by molar-refractivity contribution is 5.75. The van der Waals surface area contributed by atoms with E-state index in [-0.39, 0.29) is 17.9 Å². The number of esters is 1. The van der Waals surface area contributed by atoms with Gasteiger partial charge in [0, 0.05) is 6.42 Å². The van der Waals surface area contributed by atoms with Crippen molar-refractivity contribution < 1.29 is 14.3 Å². The first-order chi connectivity index (χ1) is 9.08. The summed E-state index contributed by atoms with van der Waals surface area (Å²) in [6.07, 6.45) is 5.28. The Morgan fingerprint density at radius 1 is 1.37 bits per heavy atom. The zero-order valence-electron chi connectivity index (χ0n) is 12.1. The fourth-order valence-electron chi connectivity index (χ4n) is 2.74. The molecule has 1 rings (SSSR count). The number of carbonyl (C=O) groups excluding carboxylic acids is 2. The van der Waals surface area contributed by atoms with Gasteiger partial charge in [-0.15, -0.1) is 0 Å². The van der Waals surface area contributed by atoms with Gasteiger partial charge >= 0.3 is 5.97 Å². The van der Waals surface area contributed by atoms with Crippen LogP contribution in [0.1, 0.15) is 45.4 Å². The monoisotopic (exact) mass is 270 g/mol. The van der Waals surface area contributed by atoms with Crippen LogP contribution in [0.5, 0.6) is 0 Å². The van der Waals surface area contributed by atoms with Gasteiger partial charge in [0.05, 0.1) is 7.11 Å². The number of methoxy groups -OCH3 is 1. The molecule has 5 nitrogen and oxygen atoms in total. The highest BCUT2D eigenvalue weighted by Crippen LogP contribution is 2.23. The van der Waals surface area contributed by atoms with E-state index in [0.29, 0.717) is 12.3 Å².